The molecule has 104 valence electrons. The molecule has 1 aromatic carbocycles. The van der Waals surface area contributed by atoms with E-state index in [1.54, 1.807) is 6.07 Å². The maximum absolute atomic E-state index is 12.1. The van der Waals surface area contributed by atoms with Crippen molar-refractivity contribution in [3.8, 4) is 0 Å². The monoisotopic (exact) mass is 270 g/mol. The third-order valence-electron chi connectivity index (χ3n) is 3.26. The number of hydrogen-bond acceptors (Lipinski definition) is 2. The average Bonchev–Trinajstić information content (AvgIpc) is 2.46. The summed E-state index contributed by atoms with van der Waals surface area (Å²) in [5.74, 6) is -0.348. The van der Waals surface area contributed by atoms with Gasteiger partial charge in [-0.25, -0.2) is 0 Å². The van der Waals surface area contributed by atoms with Gasteiger partial charge in [0.15, 0.2) is 0 Å². The first-order chi connectivity index (χ1) is 9.61. The highest BCUT2D eigenvalue weighted by Gasteiger charge is 2.15. The molecule has 0 saturated carbocycles. The van der Waals surface area contributed by atoms with Gasteiger partial charge in [0.25, 0.3) is 11.5 Å². The number of aryl methyl sites for hydroxylation is 1. The molecule has 0 aliphatic heterocycles. The molecule has 4 nitrogen and oxygen atoms in total. The number of benzene rings is 1. The van der Waals surface area contributed by atoms with Crippen LogP contribution in [-0.2, 0) is 0 Å². The van der Waals surface area contributed by atoms with Gasteiger partial charge in [0.05, 0.1) is 6.04 Å². The molecular weight excluding hydrogens is 252 g/mol. The summed E-state index contributed by atoms with van der Waals surface area (Å²) in [5, 5.41) is 2.90. The van der Waals surface area contributed by atoms with Gasteiger partial charge >= 0.3 is 0 Å². The van der Waals surface area contributed by atoms with Crippen LogP contribution in [0, 0.1) is 6.92 Å². The Bertz CT molecular complexity index is 644. The van der Waals surface area contributed by atoms with Gasteiger partial charge in [-0.1, -0.05) is 36.8 Å². The maximum atomic E-state index is 12.1. The summed E-state index contributed by atoms with van der Waals surface area (Å²) < 4.78 is 0. The standard InChI is InChI=1S/C16H18N2O2/c1-3-14(12-8-6-11(2)7-9-12)18-16(20)13-5-4-10-17-15(13)19/h4-10,14H,3H2,1-2H3,(H,17,19)(H,18,20). The van der Waals surface area contributed by atoms with Gasteiger partial charge in [-0.05, 0) is 31.0 Å². The summed E-state index contributed by atoms with van der Waals surface area (Å²) in [4.78, 5) is 26.2. The number of amides is 1. The van der Waals surface area contributed by atoms with Crippen molar-refractivity contribution < 1.29 is 4.79 Å². The van der Waals surface area contributed by atoms with Crippen molar-refractivity contribution in [2.24, 2.45) is 0 Å². The molecule has 1 amide bonds. The van der Waals surface area contributed by atoms with Crippen molar-refractivity contribution in [3.05, 3.63) is 69.6 Å². The zero-order valence-electron chi connectivity index (χ0n) is 11.6. The second-order valence-corrected chi connectivity index (χ2v) is 4.76. The molecule has 2 rings (SSSR count). The number of pyridine rings is 1. The fraction of sp³-hybridized carbons (Fsp3) is 0.250. The van der Waals surface area contributed by atoms with Gasteiger partial charge in [0, 0.05) is 6.20 Å². The zero-order valence-corrected chi connectivity index (χ0v) is 11.6. The van der Waals surface area contributed by atoms with Gasteiger partial charge in [-0.3, -0.25) is 9.59 Å². The Morgan fingerprint density at radius 1 is 1.25 bits per heavy atom. The van der Waals surface area contributed by atoms with Crippen molar-refractivity contribution in [1.82, 2.24) is 10.3 Å². The Kier molecular flexibility index (Phi) is 4.35. The van der Waals surface area contributed by atoms with Gasteiger partial charge in [0.1, 0.15) is 5.56 Å². The van der Waals surface area contributed by atoms with Crippen molar-refractivity contribution in [3.63, 3.8) is 0 Å². The van der Waals surface area contributed by atoms with Crippen LogP contribution < -0.4 is 10.9 Å². The van der Waals surface area contributed by atoms with E-state index in [1.807, 2.05) is 38.1 Å². The summed E-state index contributed by atoms with van der Waals surface area (Å²) in [5.41, 5.74) is 1.98. The average molecular weight is 270 g/mol. The van der Waals surface area contributed by atoms with E-state index in [2.05, 4.69) is 10.3 Å². The van der Waals surface area contributed by atoms with E-state index in [9.17, 15) is 9.59 Å². The lowest BCUT2D eigenvalue weighted by Crippen LogP contribution is -2.32. The van der Waals surface area contributed by atoms with Crippen LogP contribution in [0.4, 0.5) is 0 Å². The molecule has 0 aliphatic carbocycles. The first kappa shape index (κ1) is 14.1. The third-order valence-corrected chi connectivity index (χ3v) is 3.26. The Labute approximate surface area is 117 Å². The first-order valence-corrected chi connectivity index (χ1v) is 6.67. The number of aromatic nitrogens is 1. The number of nitrogens with one attached hydrogen (secondary N) is 2. The second kappa shape index (κ2) is 6.19. The molecule has 0 aliphatic rings. The van der Waals surface area contributed by atoms with Crippen LogP contribution in [0.1, 0.15) is 40.9 Å². The minimum atomic E-state index is -0.372. The Balaban J connectivity index is 2.18. The van der Waals surface area contributed by atoms with Gasteiger partial charge in [-0.15, -0.1) is 0 Å². The summed E-state index contributed by atoms with van der Waals surface area (Å²) in [6.45, 7) is 4.02. The molecule has 2 aromatic rings. The summed E-state index contributed by atoms with van der Waals surface area (Å²) in [7, 11) is 0. The summed E-state index contributed by atoms with van der Waals surface area (Å²) >= 11 is 0. The van der Waals surface area contributed by atoms with Crippen molar-refractivity contribution in [2.45, 2.75) is 26.3 Å². The molecule has 0 saturated heterocycles. The fourth-order valence-electron chi connectivity index (χ4n) is 2.06. The van der Waals surface area contributed by atoms with Crippen LogP contribution in [0.3, 0.4) is 0 Å². The lowest BCUT2D eigenvalue weighted by atomic mass is 10.0. The number of rotatable bonds is 4. The number of aromatic amines is 1. The van der Waals surface area contributed by atoms with Crippen LogP contribution in [0.25, 0.3) is 0 Å². The molecule has 0 spiro atoms. The third kappa shape index (κ3) is 3.15. The lowest BCUT2D eigenvalue weighted by Gasteiger charge is -2.17. The topological polar surface area (TPSA) is 62.0 Å². The first-order valence-electron chi connectivity index (χ1n) is 6.67. The molecule has 0 radical (unpaired) electrons. The highest BCUT2D eigenvalue weighted by atomic mass is 16.2. The number of hydrogen-bond donors (Lipinski definition) is 2. The van der Waals surface area contributed by atoms with E-state index in [4.69, 9.17) is 0 Å². The molecular formula is C16H18N2O2. The predicted molar refractivity (Wildman–Crippen MR) is 78.7 cm³/mol. The molecule has 1 unspecified atom stereocenters. The Morgan fingerprint density at radius 2 is 1.95 bits per heavy atom. The van der Waals surface area contributed by atoms with Crippen molar-refractivity contribution >= 4 is 5.91 Å². The predicted octanol–water partition coefficient (Wildman–Crippen LogP) is 2.56. The van der Waals surface area contributed by atoms with E-state index in [-0.39, 0.29) is 23.1 Å². The van der Waals surface area contributed by atoms with E-state index in [1.165, 1.54) is 17.8 Å². The zero-order chi connectivity index (χ0) is 14.5. The fourth-order valence-corrected chi connectivity index (χ4v) is 2.06. The number of carbonyl (C=O) groups excluding carboxylic acids is 1. The van der Waals surface area contributed by atoms with Crippen LogP contribution in [-0.4, -0.2) is 10.9 Å². The highest BCUT2D eigenvalue weighted by Crippen LogP contribution is 2.17. The lowest BCUT2D eigenvalue weighted by molar-refractivity contribution is 0.0934. The smallest absolute Gasteiger partial charge is 0.260 e. The molecule has 0 bridgehead atoms. The minimum absolute atomic E-state index is 0.0947. The van der Waals surface area contributed by atoms with Gasteiger partial charge in [0.2, 0.25) is 0 Å². The van der Waals surface area contributed by atoms with Crippen molar-refractivity contribution in [2.75, 3.05) is 0 Å². The van der Waals surface area contributed by atoms with E-state index in [0.29, 0.717) is 0 Å². The quantitative estimate of drug-likeness (QED) is 0.897. The van der Waals surface area contributed by atoms with Gasteiger partial charge in [-0.2, -0.15) is 0 Å². The highest BCUT2D eigenvalue weighted by molar-refractivity contribution is 5.94. The number of carbonyl (C=O) groups is 1. The SMILES string of the molecule is CCC(NC(=O)c1ccc[nH]c1=O)c1ccc(C)cc1. The minimum Gasteiger partial charge on any atom is -0.345 e. The van der Waals surface area contributed by atoms with Crippen LogP contribution in [0.2, 0.25) is 0 Å². The normalized spacial score (nSPS) is 11.9. The molecule has 2 N–H and O–H groups in total. The van der Waals surface area contributed by atoms with Crippen LogP contribution in [0.5, 0.6) is 0 Å². The second-order valence-electron chi connectivity index (χ2n) is 4.76. The molecule has 1 heterocycles. The maximum Gasteiger partial charge on any atom is 0.260 e. The largest absolute Gasteiger partial charge is 0.345 e. The van der Waals surface area contributed by atoms with E-state index in [0.717, 1.165) is 12.0 Å². The summed E-state index contributed by atoms with van der Waals surface area (Å²) in [6, 6.07) is 11.1. The number of H-pyrrole nitrogens is 1. The van der Waals surface area contributed by atoms with Gasteiger partial charge < -0.3 is 10.3 Å². The van der Waals surface area contributed by atoms with Crippen molar-refractivity contribution in [1.29, 1.82) is 0 Å². The van der Waals surface area contributed by atoms with Crippen LogP contribution in [0.15, 0.2) is 47.4 Å². The van der Waals surface area contributed by atoms with E-state index >= 15 is 0 Å². The van der Waals surface area contributed by atoms with Crippen LogP contribution >= 0.6 is 0 Å². The molecule has 1 aromatic heterocycles. The Morgan fingerprint density at radius 3 is 2.55 bits per heavy atom. The Hall–Kier alpha value is -2.36. The van der Waals surface area contributed by atoms with E-state index < -0.39 is 0 Å². The molecule has 0 fully saturated rings. The molecule has 20 heavy (non-hydrogen) atoms. The molecule has 4 heteroatoms. The summed E-state index contributed by atoms with van der Waals surface area (Å²) in [6.07, 6.45) is 2.27. The molecule has 1 atom stereocenters.